The van der Waals surface area contributed by atoms with Gasteiger partial charge in [0.05, 0.1) is 6.10 Å². The summed E-state index contributed by atoms with van der Waals surface area (Å²) in [6.45, 7) is 4.07. The van der Waals surface area contributed by atoms with Crippen LogP contribution in [0.1, 0.15) is 38.4 Å². The second kappa shape index (κ2) is 5.21. The van der Waals surface area contributed by atoms with Gasteiger partial charge in [-0.2, -0.15) is 0 Å². The third kappa shape index (κ3) is 3.59. The van der Waals surface area contributed by atoms with Gasteiger partial charge in [0.15, 0.2) is 0 Å². The summed E-state index contributed by atoms with van der Waals surface area (Å²) in [7, 11) is 0. The highest BCUT2D eigenvalue weighted by Gasteiger charge is 2.13. The lowest BCUT2D eigenvalue weighted by molar-refractivity contribution is 0.154. The quantitative estimate of drug-likeness (QED) is 0.814. The van der Waals surface area contributed by atoms with Crippen LogP contribution in [0.2, 0.25) is 0 Å². The zero-order chi connectivity index (χ0) is 11.4. The first-order valence-electron chi connectivity index (χ1n) is 5.13. The molecule has 0 aromatic heterocycles. The zero-order valence-corrected chi connectivity index (χ0v) is 9.00. The predicted octanol–water partition coefficient (Wildman–Crippen LogP) is 3.43. The molecule has 1 aromatic carbocycles. The van der Waals surface area contributed by atoms with Crippen LogP contribution in [0, 0.1) is 17.6 Å². The van der Waals surface area contributed by atoms with Crippen molar-refractivity contribution in [1.29, 1.82) is 0 Å². The van der Waals surface area contributed by atoms with Gasteiger partial charge in [-0.05, 0) is 24.8 Å². The largest absolute Gasteiger partial charge is 0.388 e. The summed E-state index contributed by atoms with van der Waals surface area (Å²) < 4.78 is 25.8. The van der Waals surface area contributed by atoms with Gasteiger partial charge in [-0.15, -0.1) is 0 Å². The van der Waals surface area contributed by atoms with E-state index in [-0.39, 0.29) is 5.56 Å². The van der Waals surface area contributed by atoms with E-state index in [1.165, 1.54) is 6.07 Å². The first-order valence-corrected chi connectivity index (χ1v) is 5.13. The molecule has 0 saturated heterocycles. The Kier molecular flexibility index (Phi) is 4.21. The van der Waals surface area contributed by atoms with Gasteiger partial charge in [-0.25, -0.2) is 8.78 Å². The summed E-state index contributed by atoms with van der Waals surface area (Å²) in [5.74, 6) is -0.832. The molecule has 1 N–H and O–H groups in total. The van der Waals surface area contributed by atoms with Crippen molar-refractivity contribution in [3.63, 3.8) is 0 Å². The molecule has 1 unspecified atom stereocenters. The van der Waals surface area contributed by atoms with E-state index < -0.39 is 17.7 Å². The lowest BCUT2D eigenvalue weighted by Gasteiger charge is -2.13. The Bertz CT molecular complexity index is 323. The second-order valence-electron chi connectivity index (χ2n) is 4.15. The van der Waals surface area contributed by atoms with E-state index in [9.17, 15) is 13.9 Å². The van der Waals surface area contributed by atoms with Crippen LogP contribution in [0.15, 0.2) is 18.2 Å². The van der Waals surface area contributed by atoms with Crippen LogP contribution in [-0.2, 0) is 0 Å². The number of hydrogen-bond donors (Lipinski definition) is 1. The molecule has 0 aliphatic heterocycles. The Morgan fingerprint density at radius 2 is 1.87 bits per heavy atom. The van der Waals surface area contributed by atoms with Gasteiger partial charge in [0.2, 0.25) is 0 Å². The maximum absolute atomic E-state index is 13.2. The molecule has 1 atom stereocenters. The number of benzene rings is 1. The van der Waals surface area contributed by atoms with Crippen LogP contribution in [0.3, 0.4) is 0 Å². The third-order valence-corrected chi connectivity index (χ3v) is 2.34. The van der Waals surface area contributed by atoms with Crippen molar-refractivity contribution < 1.29 is 13.9 Å². The predicted molar refractivity (Wildman–Crippen MR) is 55.4 cm³/mol. The molecular weight excluding hydrogens is 198 g/mol. The Balaban J connectivity index is 2.69. The van der Waals surface area contributed by atoms with Crippen molar-refractivity contribution in [3.05, 3.63) is 35.4 Å². The van der Waals surface area contributed by atoms with Crippen LogP contribution >= 0.6 is 0 Å². The van der Waals surface area contributed by atoms with E-state index in [0.717, 1.165) is 18.6 Å². The van der Waals surface area contributed by atoms with Crippen LogP contribution in [-0.4, -0.2) is 5.11 Å². The van der Waals surface area contributed by atoms with Gasteiger partial charge in [-0.1, -0.05) is 19.9 Å². The van der Waals surface area contributed by atoms with Crippen molar-refractivity contribution in [3.8, 4) is 0 Å². The molecule has 0 radical (unpaired) electrons. The highest BCUT2D eigenvalue weighted by atomic mass is 19.1. The van der Waals surface area contributed by atoms with E-state index in [1.54, 1.807) is 0 Å². The normalized spacial score (nSPS) is 13.2. The van der Waals surface area contributed by atoms with Gasteiger partial charge in [0.25, 0.3) is 0 Å². The summed E-state index contributed by atoms with van der Waals surface area (Å²) in [6.07, 6.45) is 0.478. The Morgan fingerprint density at radius 1 is 1.20 bits per heavy atom. The molecule has 0 amide bonds. The fourth-order valence-corrected chi connectivity index (χ4v) is 1.42. The lowest BCUT2D eigenvalue weighted by Crippen LogP contribution is -2.03. The maximum atomic E-state index is 13.2. The minimum Gasteiger partial charge on any atom is -0.388 e. The highest BCUT2D eigenvalue weighted by molar-refractivity contribution is 5.20. The molecule has 0 bridgehead atoms. The van der Waals surface area contributed by atoms with Crippen LogP contribution in [0.25, 0.3) is 0 Å². The van der Waals surface area contributed by atoms with Crippen LogP contribution in [0.5, 0.6) is 0 Å². The minimum absolute atomic E-state index is 0.178. The Hall–Kier alpha value is -0.960. The van der Waals surface area contributed by atoms with E-state index in [2.05, 4.69) is 0 Å². The summed E-state index contributed by atoms with van der Waals surface area (Å²) >= 11 is 0. The number of aliphatic hydroxyl groups is 1. The van der Waals surface area contributed by atoms with E-state index in [0.29, 0.717) is 12.3 Å². The molecule has 1 rings (SSSR count). The molecule has 0 aliphatic rings. The van der Waals surface area contributed by atoms with E-state index >= 15 is 0 Å². The second-order valence-corrected chi connectivity index (χ2v) is 4.15. The van der Waals surface area contributed by atoms with E-state index in [1.807, 2.05) is 13.8 Å². The Morgan fingerprint density at radius 3 is 2.40 bits per heavy atom. The van der Waals surface area contributed by atoms with Crippen LogP contribution < -0.4 is 0 Å². The topological polar surface area (TPSA) is 20.2 Å². The minimum atomic E-state index is -0.840. The summed E-state index contributed by atoms with van der Waals surface area (Å²) in [4.78, 5) is 0. The number of hydrogen-bond acceptors (Lipinski definition) is 1. The van der Waals surface area contributed by atoms with Gasteiger partial charge in [0, 0.05) is 11.6 Å². The molecule has 1 nitrogen and oxygen atoms in total. The SMILES string of the molecule is CC(C)CCC(O)c1ccc(F)cc1F. The third-order valence-electron chi connectivity index (χ3n) is 2.34. The van der Waals surface area contributed by atoms with Crippen molar-refractivity contribution in [2.75, 3.05) is 0 Å². The summed E-state index contributed by atoms with van der Waals surface area (Å²) in [5, 5.41) is 9.68. The number of rotatable bonds is 4. The first kappa shape index (κ1) is 12.1. The highest BCUT2D eigenvalue weighted by Crippen LogP contribution is 2.23. The zero-order valence-electron chi connectivity index (χ0n) is 9.00. The molecule has 84 valence electrons. The summed E-state index contributed by atoms with van der Waals surface area (Å²) in [6, 6.07) is 3.26. The molecule has 0 fully saturated rings. The average Bonchev–Trinajstić information content (AvgIpc) is 2.14. The molecule has 0 aliphatic carbocycles. The molecule has 3 heteroatoms. The standard InChI is InChI=1S/C12H16F2O/c1-8(2)3-6-12(15)10-5-4-9(13)7-11(10)14/h4-5,7-8,12,15H,3,6H2,1-2H3. The van der Waals surface area contributed by atoms with Gasteiger partial charge < -0.3 is 5.11 Å². The lowest BCUT2D eigenvalue weighted by atomic mass is 9.99. The van der Waals surface area contributed by atoms with Crippen molar-refractivity contribution >= 4 is 0 Å². The fraction of sp³-hybridized carbons (Fsp3) is 0.500. The van der Waals surface area contributed by atoms with Gasteiger partial charge >= 0.3 is 0 Å². The molecule has 0 spiro atoms. The molecule has 1 aromatic rings. The number of aliphatic hydroxyl groups excluding tert-OH is 1. The Labute approximate surface area is 88.7 Å². The fourth-order valence-electron chi connectivity index (χ4n) is 1.42. The van der Waals surface area contributed by atoms with E-state index in [4.69, 9.17) is 0 Å². The smallest absolute Gasteiger partial charge is 0.131 e. The maximum Gasteiger partial charge on any atom is 0.131 e. The number of halogens is 2. The van der Waals surface area contributed by atoms with Crippen LogP contribution in [0.4, 0.5) is 8.78 Å². The van der Waals surface area contributed by atoms with Crippen molar-refractivity contribution in [2.45, 2.75) is 32.8 Å². The monoisotopic (exact) mass is 214 g/mol. The molecule has 0 saturated carbocycles. The summed E-state index contributed by atoms with van der Waals surface area (Å²) in [5.41, 5.74) is 0.178. The molecule has 15 heavy (non-hydrogen) atoms. The van der Waals surface area contributed by atoms with Crippen molar-refractivity contribution in [2.24, 2.45) is 5.92 Å². The molecule has 0 heterocycles. The van der Waals surface area contributed by atoms with Crippen molar-refractivity contribution in [1.82, 2.24) is 0 Å². The average molecular weight is 214 g/mol. The van der Waals surface area contributed by atoms with Gasteiger partial charge in [-0.3, -0.25) is 0 Å². The van der Waals surface area contributed by atoms with Gasteiger partial charge in [0.1, 0.15) is 11.6 Å². The first-order chi connectivity index (χ1) is 7.00. The molecular formula is C12H16F2O.